The van der Waals surface area contributed by atoms with Crippen LogP contribution in [0.4, 0.5) is 0 Å². The minimum absolute atomic E-state index is 0.170. The van der Waals surface area contributed by atoms with Crippen LogP contribution in [0.25, 0.3) is 0 Å². The maximum Gasteiger partial charge on any atom is 0.292 e. The largest absolute Gasteiger partial charge is 0.484 e. The van der Waals surface area contributed by atoms with Gasteiger partial charge >= 0.3 is 0 Å². The Kier molecular flexibility index (Phi) is 3.98. The fourth-order valence-corrected chi connectivity index (χ4v) is 3.06. The molecule has 0 bridgehead atoms. The van der Waals surface area contributed by atoms with E-state index < -0.39 is 0 Å². The van der Waals surface area contributed by atoms with Gasteiger partial charge in [0.25, 0.3) is 5.91 Å². The van der Waals surface area contributed by atoms with E-state index in [0.29, 0.717) is 18.8 Å². The standard InChI is InChI=1S/C20H18N2O3/c1-14-19(24-13-21-14)20(23)22-11-16-9-5-6-10-17(16)25-18(12-22)15-7-3-2-4-8-15/h2-10,13,18H,11-12H2,1H3. The van der Waals surface area contributed by atoms with E-state index >= 15 is 0 Å². The highest BCUT2D eigenvalue weighted by atomic mass is 16.5. The van der Waals surface area contributed by atoms with E-state index in [1.54, 1.807) is 11.8 Å². The number of amides is 1. The number of benzene rings is 2. The summed E-state index contributed by atoms with van der Waals surface area (Å²) in [6.07, 6.45) is 1.07. The summed E-state index contributed by atoms with van der Waals surface area (Å²) in [5.74, 6) is 0.920. The lowest BCUT2D eigenvalue weighted by molar-refractivity contribution is 0.0645. The molecule has 1 aliphatic heterocycles. The molecule has 1 amide bonds. The molecule has 25 heavy (non-hydrogen) atoms. The van der Waals surface area contributed by atoms with Crippen LogP contribution >= 0.6 is 0 Å². The fraction of sp³-hybridized carbons (Fsp3) is 0.200. The summed E-state index contributed by atoms with van der Waals surface area (Å²) in [5, 5.41) is 0. The van der Waals surface area contributed by atoms with E-state index in [1.165, 1.54) is 6.39 Å². The molecule has 0 N–H and O–H groups in total. The van der Waals surface area contributed by atoms with Crippen LogP contribution in [0.3, 0.4) is 0 Å². The summed E-state index contributed by atoms with van der Waals surface area (Å²) in [7, 11) is 0. The van der Waals surface area contributed by atoms with Gasteiger partial charge in [-0.25, -0.2) is 4.98 Å². The van der Waals surface area contributed by atoms with Crippen LogP contribution in [-0.4, -0.2) is 22.3 Å². The first kappa shape index (κ1) is 15.4. The first-order chi connectivity index (χ1) is 12.2. The van der Waals surface area contributed by atoms with Gasteiger partial charge in [0, 0.05) is 12.1 Å². The highest BCUT2D eigenvalue weighted by Crippen LogP contribution is 2.31. The Morgan fingerprint density at radius 3 is 2.64 bits per heavy atom. The molecule has 4 rings (SSSR count). The fourth-order valence-electron chi connectivity index (χ4n) is 3.06. The van der Waals surface area contributed by atoms with Crippen molar-refractivity contribution < 1.29 is 13.9 Å². The minimum atomic E-state index is -0.239. The normalized spacial score (nSPS) is 16.7. The Balaban J connectivity index is 1.72. The number of oxazole rings is 1. The van der Waals surface area contributed by atoms with Gasteiger partial charge in [-0.2, -0.15) is 0 Å². The lowest BCUT2D eigenvalue weighted by Crippen LogP contribution is -2.34. The summed E-state index contributed by atoms with van der Waals surface area (Å²) in [5.41, 5.74) is 2.61. The number of rotatable bonds is 2. The third-order valence-electron chi connectivity index (χ3n) is 4.39. The maximum absolute atomic E-state index is 13.0. The van der Waals surface area contributed by atoms with E-state index in [4.69, 9.17) is 9.15 Å². The molecule has 0 aliphatic carbocycles. The van der Waals surface area contributed by atoms with Gasteiger partial charge in [0.05, 0.1) is 12.2 Å². The van der Waals surface area contributed by atoms with E-state index in [2.05, 4.69) is 4.98 Å². The molecule has 5 heteroatoms. The van der Waals surface area contributed by atoms with Gasteiger partial charge in [-0.1, -0.05) is 48.5 Å². The summed E-state index contributed by atoms with van der Waals surface area (Å²) in [4.78, 5) is 18.8. The number of hydrogen-bond acceptors (Lipinski definition) is 4. The van der Waals surface area contributed by atoms with Crippen molar-refractivity contribution in [2.24, 2.45) is 0 Å². The second kappa shape index (κ2) is 6.43. The SMILES string of the molecule is Cc1ncoc1C(=O)N1Cc2ccccc2OC(c2ccccc2)C1. The summed E-state index contributed by atoms with van der Waals surface area (Å²) < 4.78 is 11.5. The third kappa shape index (κ3) is 3.01. The van der Waals surface area contributed by atoms with Gasteiger partial charge in [0.1, 0.15) is 11.9 Å². The number of aromatic nitrogens is 1. The van der Waals surface area contributed by atoms with Crippen molar-refractivity contribution in [2.75, 3.05) is 6.54 Å². The molecule has 1 unspecified atom stereocenters. The topological polar surface area (TPSA) is 55.6 Å². The summed E-state index contributed by atoms with van der Waals surface area (Å²) >= 11 is 0. The van der Waals surface area contributed by atoms with Crippen LogP contribution in [0.2, 0.25) is 0 Å². The molecular weight excluding hydrogens is 316 g/mol. The molecule has 0 saturated carbocycles. The average Bonchev–Trinajstić information content (AvgIpc) is 2.97. The quantitative estimate of drug-likeness (QED) is 0.716. The lowest BCUT2D eigenvalue weighted by atomic mass is 10.1. The molecule has 1 atom stereocenters. The Labute approximate surface area is 145 Å². The number of aryl methyl sites for hydroxylation is 1. The van der Waals surface area contributed by atoms with Crippen molar-refractivity contribution in [3.63, 3.8) is 0 Å². The van der Waals surface area contributed by atoms with Crippen LogP contribution in [0.15, 0.2) is 65.4 Å². The zero-order chi connectivity index (χ0) is 17.2. The molecule has 5 nitrogen and oxygen atoms in total. The van der Waals surface area contributed by atoms with Crippen LogP contribution < -0.4 is 4.74 Å². The number of para-hydroxylation sites is 1. The number of fused-ring (bicyclic) bond motifs is 1. The average molecular weight is 334 g/mol. The molecule has 2 aromatic carbocycles. The van der Waals surface area contributed by atoms with E-state index in [1.807, 2.05) is 54.6 Å². The second-order valence-corrected chi connectivity index (χ2v) is 6.08. The van der Waals surface area contributed by atoms with Crippen LogP contribution in [-0.2, 0) is 6.54 Å². The minimum Gasteiger partial charge on any atom is -0.484 e. The first-order valence-corrected chi connectivity index (χ1v) is 8.21. The zero-order valence-corrected chi connectivity index (χ0v) is 13.9. The van der Waals surface area contributed by atoms with Crippen LogP contribution in [0.1, 0.15) is 33.5 Å². The van der Waals surface area contributed by atoms with Crippen molar-refractivity contribution in [1.29, 1.82) is 0 Å². The molecule has 1 aliphatic rings. The Morgan fingerprint density at radius 2 is 1.88 bits per heavy atom. The number of carbonyl (C=O) groups is 1. The Hall–Kier alpha value is -3.08. The lowest BCUT2D eigenvalue weighted by Gasteiger charge is -2.23. The molecule has 126 valence electrons. The second-order valence-electron chi connectivity index (χ2n) is 6.08. The molecule has 2 heterocycles. The van der Waals surface area contributed by atoms with Gasteiger partial charge in [0.2, 0.25) is 5.76 Å². The highest BCUT2D eigenvalue weighted by molar-refractivity contribution is 5.92. The third-order valence-corrected chi connectivity index (χ3v) is 4.39. The van der Waals surface area contributed by atoms with E-state index in [-0.39, 0.29) is 17.8 Å². The van der Waals surface area contributed by atoms with Crippen molar-refractivity contribution in [1.82, 2.24) is 9.88 Å². The number of ether oxygens (including phenoxy) is 1. The predicted molar refractivity (Wildman–Crippen MR) is 92.2 cm³/mol. The monoisotopic (exact) mass is 334 g/mol. The van der Waals surface area contributed by atoms with Crippen molar-refractivity contribution in [2.45, 2.75) is 19.6 Å². The predicted octanol–water partition coefficient (Wildman–Crippen LogP) is 3.76. The van der Waals surface area contributed by atoms with Gasteiger partial charge < -0.3 is 14.1 Å². The Bertz CT molecular complexity index is 889. The molecule has 1 aromatic heterocycles. The van der Waals surface area contributed by atoms with Crippen LogP contribution in [0, 0.1) is 6.92 Å². The van der Waals surface area contributed by atoms with Gasteiger partial charge in [-0.15, -0.1) is 0 Å². The summed E-state index contributed by atoms with van der Waals surface area (Å²) in [6, 6.07) is 17.8. The molecule has 0 saturated heterocycles. The number of carbonyl (C=O) groups excluding carboxylic acids is 1. The van der Waals surface area contributed by atoms with E-state index in [0.717, 1.165) is 16.9 Å². The molecular formula is C20H18N2O3. The first-order valence-electron chi connectivity index (χ1n) is 8.21. The van der Waals surface area contributed by atoms with Gasteiger partial charge in [0.15, 0.2) is 6.39 Å². The maximum atomic E-state index is 13.0. The zero-order valence-electron chi connectivity index (χ0n) is 13.9. The van der Waals surface area contributed by atoms with Crippen molar-refractivity contribution in [3.8, 4) is 5.75 Å². The van der Waals surface area contributed by atoms with Crippen molar-refractivity contribution in [3.05, 3.63) is 83.6 Å². The highest BCUT2D eigenvalue weighted by Gasteiger charge is 2.29. The molecule has 0 fully saturated rings. The molecule has 3 aromatic rings. The van der Waals surface area contributed by atoms with Crippen LogP contribution in [0.5, 0.6) is 5.75 Å². The smallest absolute Gasteiger partial charge is 0.292 e. The summed E-state index contributed by atoms with van der Waals surface area (Å²) in [6.45, 7) is 2.68. The number of nitrogens with zero attached hydrogens (tertiary/aromatic N) is 2. The van der Waals surface area contributed by atoms with Gasteiger partial charge in [-0.3, -0.25) is 4.79 Å². The number of hydrogen-bond donors (Lipinski definition) is 0. The van der Waals surface area contributed by atoms with Crippen molar-refractivity contribution >= 4 is 5.91 Å². The molecule has 0 radical (unpaired) electrons. The van der Waals surface area contributed by atoms with E-state index in [9.17, 15) is 4.79 Å². The van der Waals surface area contributed by atoms with Gasteiger partial charge in [-0.05, 0) is 18.6 Å². The molecule has 0 spiro atoms. The Morgan fingerprint density at radius 1 is 1.12 bits per heavy atom.